The number of hydrogen-bond donors (Lipinski definition) is 0. The molecular formula is C18H12Cl2O. The second-order valence-electron chi connectivity index (χ2n) is 4.91. The zero-order valence-corrected chi connectivity index (χ0v) is 12.9. The molecule has 3 heteroatoms. The average Bonchev–Trinajstić information content (AvgIpc) is 2.49. The molecule has 0 amide bonds. The molecule has 1 nitrogen and oxygen atoms in total. The van der Waals surface area contributed by atoms with Crippen LogP contribution in [0.25, 0.3) is 10.8 Å². The van der Waals surface area contributed by atoms with Gasteiger partial charge in [-0.15, -0.1) is 0 Å². The average molecular weight is 315 g/mol. The second-order valence-corrected chi connectivity index (χ2v) is 5.69. The Morgan fingerprint density at radius 1 is 0.905 bits per heavy atom. The number of hydrogen-bond acceptors (Lipinski definition) is 1. The van der Waals surface area contributed by atoms with E-state index in [2.05, 4.69) is 0 Å². The highest BCUT2D eigenvalue weighted by Crippen LogP contribution is 2.30. The van der Waals surface area contributed by atoms with Gasteiger partial charge in [0.25, 0.3) is 0 Å². The van der Waals surface area contributed by atoms with E-state index in [1.165, 1.54) is 0 Å². The number of carbonyl (C=O) groups is 1. The van der Waals surface area contributed by atoms with Crippen molar-refractivity contribution in [3.8, 4) is 0 Å². The quantitative estimate of drug-likeness (QED) is 0.556. The Labute approximate surface area is 133 Å². The molecule has 0 bridgehead atoms. The van der Waals surface area contributed by atoms with Gasteiger partial charge in [0.05, 0.1) is 10.0 Å². The minimum Gasteiger partial charge on any atom is -0.289 e. The van der Waals surface area contributed by atoms with Gasteiger partial charge in [0.2, 0.25) is 0 Å². The van der Waals surface area contributed by atoms with E-state index < -0.39 is 0 Å². The van der Waals surface area contributed by atoms with Gasteiger partial charge < -0.3 is 0 Å². The molecule has 3 aromatic carbocycles. The van der Waals surface area contributed by atoms with Crippen molar-refractivity contribution in [3.63, 3.8) is 0 Å². The van der Waals surface area contributed by atoms with Crippen molar-refractivity contribution >= 4 is 39.8 Å². The summed E-state index contributed by atoms with van der Waals surface area (Å²) in [4.78, 5) is 12.9. The van der Waals surface area contributed by atoms with Gasteiger partial charge in [-0.05, 0) is 35.4 Å². The van der Waals surface area contributed by atoms with Gasteiger partial charge in [-0.3, -0.25) is 4.79 Å². The lowest BCUT2D eigenvalue weighted by atomic mass is 9.93. The van der Waals surface area contributed by atoms with Gasteiger partial charge in [-0.1, -0.05) is 65.7 Å². The number of ketones is 1. The standard InChI is InChI=1S/C18H12Cl2O/c1-11-9-10-12-5-2-3-6-13(12)16(11)18(21)14-7-4-8-15(19)17(14)20/h2-10H,1H3. The minimum absolute atomic E-state index is 0.100. The predicted molar refractivity (Wildman–Crippen MR) is 88.6 cm³/mol. The first-order valence-corrected chi connectivity index (χ1v) is 7.32. The predicted octanol–water partition coefficient (Wildman–Crippen LogP) is 5.69. The summed E-state index contributed by atoms with van der Waals surface area (Å²) < 4.78 is 0. The number of benzene rings is 3. The Balaban J connectivity index is 2.27. The molecule has 3 rings (SSSR count). The highest BCUT2D eigenvalue weighted by molar-refractivity contribution is 6.44. The molecule has 0 aliphatic rings. The molecular weight excluding hydrogens is 303 g/mol. The Morgan fingerprint density at radius 2 is 1.67 bits per heavy atom. The molecule has 0 radical (unpaired) electrons. The minimum atomic E-state index is -0.100. The Kier molecular flexibility index (Phi) is 3.71. The molecule has 104 valence electrons. The first kappa shape index (κ1) is 14.1. The van der Waals surface area contributed by atoms with E-state index in [1.807, 2.05) is 43.3 Å². The van der Waals surface area contributed by atoms with Crippen LogP contribution < -0.4 is 0 Å². The maximum Gasteiger partial charge on any atom is 0.195 e. The molecule has 0 saturated carbocycles. The number of aryl methyl sites for hydroxylation is 1. The SMILES string of the molecule is Cc1ccc2ccccc2c1C(=O)c1cccc(Cl)c1Cl. The number of halogens is 2. The summed E-state index contributed by atoms with van der Waals surface area (Å²) in [7, 11) is 0. The fraction of sp³-hybridized carbons (Fsp3) is 0.0556. The molecule has 0 unspecified atom stereocenters. The van der Waals surface area contributed by atoms with Gasteiger partial charge in [0.15, 0.2) is 5.78 Å². The Bertz CT molecular complexity index is 853. The van der Waals surface area contributed by atoms with Crippen molar-refractivity contribution in [2.75, 3.05) is 0 Å². The third kappa shape index (κ3) is 2.44. The van der Waals surface area contributed by atoms with E-state index in [-0.39, 0.29) is 5.78 Å². The van der Waals surface area contributed by atoms with Gasteiger partial charge in [-0.25, -0.2) is 0 Å². The van der Waals surface area contributed by atoms with Crippen LogP contribution in [0.3, 0.4) is 0 Å². The lowest BCUT2D eigenvalue weighted by molar-refractivity contribution is 0.104. The lowest BCUT2D eigenvalue weighted by Crippen LogP contribution is -2.05. The van der Waals surface area contributed by atoms with Crippen LogP contribution >= 0.6 is 23.2 Å². The fourth-order valence-corrected chi connectivity index (χ4v) is 2.88. The largest absolute Gasteiger partial charge is 0.289 e. The summed E-state index contributed by atoms with van der Waals surface area (Å²) in [5, 5.41) is 2.65. The summed E-state index contributed by atoms with van der Waals surface area (Å²) in [6.07, 6.45) is 0. The van der Waals surface area contributed by atoms with Crippen molar-refractivity contribution in [1.29, 1.82) is 0 Å². The molecule has 0 N–H and O–H groups in total. The monoisotopic (exact) mass is 314 g/mol. The lowest BCUT2D eigenvalue weighted by Gasteiger charge is -2.11. The topological polar surface area (TPSA) is 17.1 Å². The van der Waals surface area contributed by atoms with E-state index in [4.69, 9.17) is 23.2 Å². The van der Waals surface area contributed by atoms with Crippen LogP contribution in [0.4, 0.5) is 0 Å². The Hall–Kier alpha value is -1.83. The van der Waals surface area contributed by atoms with Gasteiger partial charge in [-0.2, -0.15) is 0 Å². The highest BCUT2D eigenvalue weighted by atomic mass is 35.5. The third-order valence-electron chi connectivity index (χ3n) is 3.56. The van der Waals surface area contributed by atoms with E-state index in [9.17, 15) is 4.79 Å². The normalized spacial score (nSPS) is 10.8. The van der Waals surface area contributed by atoms with Crippen molar-refractivity contribution in [1.82, 2.24) is 0 Å². The van der Waals surface area contributed by atoms with Gasteiger partial charge in [0.1, 0.15) is 0 Å². The van der Waals surface area contributed by atoms with Crippen molar-refractivity contribution in [3.05, 3.63) is 81.3 Å². The molecule has 0 spiro atoms. The first-order valence-electron chi connectivity index (χ1n) is 6.56. The van der Waals surface area contributed by atoms with Crippen LogP contribution in [0.2, 0.25) is 10.0 Å². The fourth-order valence-electron chi connectivity index (χ4n) is 2.50. The van der Waals surface area contributed by atoms with E-state index in [1.54, 1.807) is 18.2 Å². The van der Waals surface area contributed by atoms with Gasteiger partial charge >= 0.3 is 0 Å². The maximum atomic E-state index is 12.9. The van der Waals surface area contributed by atoms with Crippen LogP contribution in [0.5, 0.6) is 0 Å². The van der Waals surface area contributed by atoms with Crippen LogP contribution in [0.15, 0.2) is 54.6 Å². The zero-order chi connectivity index (χ0) is 15.0. The summed E-state index contributed by atoms with van der Waals surface area (Å²) >= 11 is 12.2. The second kappa shape index (κ2) is 5.51. The van der Waals surface area contributed by atoms with Crippen molar-refractivity contribution in [2.24, 2.45) is 0 Å². The van der Waals surface area contributed by atoms with E-state index >= 15 is 0 Å². The van der Waals surface area contributed by atoms with Crippen LogP contribution in [0.1, 0.15) is 21.5 Å². The van der Waals surface area contributed by atoms with Crippen LogP contribution in [-0.2, 0) is 0 Å². The summed E-state index contributed by atoms with van der Waals surface area (Å²) in [5.41, 5.74) is 2.04. The molecule has 0 heterocycles. The molecule has 0 fully saturated rings. The molecule has 0 atom stereocenters. The first-order chi connectivity index (χ1) is 10.1. The number of fused-ring (bicyclic) bond motifs is 1. The third-order valence-corrected chi connectivity index (χ3v) is 4.38. The van der Waals surface area contributed by atoms with Crippen molar-refractivity contribution in [2.45, 2.75) is 6.92 Å². The molecule has 0 aromatic heterocycles. The molecule has 0 aliphatic heterocycles. The highest BCUT2D eigenvalue weighted by Gasteiger charge is 2.18. The zero-order valence-electron chi connectivity index (χ0n) is 11.4. The number of rotatable bonds is 2. The van der Waals surface area contributed by atoms with Crippen LogP contribution in [-0.4, -0.2) is 5.78 Å². The molecule has 21 heavy (non-hydrogen) atoms. The summed E-state index contributed by atoms with van der Waals surface area (Å²) in [5.74, 6) is -0.100. The summed E-state index contributed by atoms with van der Waals surface area (Å²) in [6, 6.07) is 16.9. The van der Waals surface area contributed by atoms with E-state index in [0.29, 0.717) is 21.2 Å². The molecule has 0 saturated heterocycles. The Morgan fingerprint density at radius 3 is 2.48 bits per heavy atom. The summed E-state index contributed by atoms with van der Waals surface area (Å²) in [6.45, 7) is 1.93. The maximum absolute atomic E-state index is 12.9. The smallest absolute Gasteiger partial charge is 0.195 e. The van der Waals surface area contributed by atoms with E-state index in [0.717, 1.165) is 16.3 Å². The molecule has 3 aromatic rings. The van der Waals surface area contributed by atoms with Crippen LogP contribution in [0, 0.1) is 6.92 Å². The molecule has 0 aliphatic carbocycles. The number of carbonyl (C=O) groups excluding carboxylic acids is 1. The van der Waals surface area contributed by atoms with Crippen molar-refractivity contribution < 1.29 is 4.79 Å². The van der Waals surface area contributed by atoms with Gasteiger partial charge in [0, 0.05) is 11.1 Å².